The molecule has 2 rings (SSSR count). The highest BCUT2D eigenvalue weighted by atomic mass is 35.5. The Morgan fingerprint density at radius 2 is 2.08 bits per heavy atom. The first-order chi connectivity index (χ1) is 11.9. The molecule has 0 aliphatic carbocycles. The van der Waals surface area contributed by atoms with Crippen molar-refractivity contribution in [2.24, 2.45) is 5.92 Å². The van der Waals surface area contributed by atoms with Crippen molar-refractivity contribution in [2.75, 3.05) is 13.2 Å². The number of carbonyl (C=O) groups is 2. The number of amides is 2. The molecule has 0 unspecified atom stereocenters. The third-order valence-corrected chi connectivity index (χ3v) is 4.58. The Balaban J connectivity index is 2.00. The van der Waals surface area contributed by atoms with Gasteiger partial charge < -0.3 is 15.4 Å². The molecule has 2 N–H and O–H groups in total. The molecule has 5 nitrogen and oxygen atoms in total. The molecule has 0 spiro atoms. The minimum Gasteiger partial charge on any atom is -0.376 e. The van der Waals surface area contributed by atoms with E-state index in [9.17, 15) is 9.59 Å². The van der Waals surface area contributed by atoms with Gasteiger partial charge in [0.1, 0.15) is 6.04 Å². The summed E-state index contributed by atoms with van der Waals surface area (Å²) in [6.07, 6.45) is 2.56. The van der Waals surface area contributed by atoms with Crippen molar-refractivity contribution >= 4 is 35.0 Å². The SMILES string of the molecule is CC(C)C[C@@H](NC(=O)c1ccc(Cl)cc1Cl)C(=O)NC[C@@H]1CCCO1. The molecule has 1 fully saturated rings. The number of hydrogen-bond acceptors (Lipinski definition) is 3. The van der Waals surface area contributed by atoms with Crippen molar-refractivity contribution in [3.05, 3.63) is 33.8 Å². The highest BCUT2D eigenvalue weighted by Gasteiger charge is 2.25. The van der Waals surface area contributed by atoms with Crippen molar-refractivity contribution in [2.45, 2.75) is 45.3 Å². The average molecular weight is 387 g/mol. The van der Waals surface area contributed by atoms with Gasteiger partial charge in [-0.3, -0.25) is 9.59 Å². The second-order valence-corrected chi connectivity index (χ2v) is 7.50. The minimum atomic E-state index is -0.624. The van der Waals surface area contributed by atoms with Crippen LogP contribution in [0, 0.1) is 5.92 Å². The molecule has 1 aromatic rings. The fraction of sp³-hybridized carbons (Fsp3) is 0.556. The standard InChI is InChI=1S/C18H24Cl2N2O3/c1-11(2)8-16(18(24)21-10-13-4-3-7-25-13)22-17(23)14-6-5-12(19)9-15(14)20/h5-6,9,11,13,16H,3-4,7-8,10H2,1-2H3,(H,21,24)(H,22,23)/t13-,16+/m0/s1. The van der Waals surface area contributed by atoms with Crippen molar-refractivity contribution in [3.8, 4) is 0 Å². The minimum absolute atomic E-state index is 0.0602. The average Bonchev–Trinajstić information content (AvgIpc) is 3.04. The van der Waals surface area contributed by atoms with Gasteiger partial charge in [-0.25, -0.2) is 0 Å². The van der Waals surface area contributed by atoms with Gasteiger partial charge in [-0.2, -0.15) is 0 Å². The van der Waals surface area contributed by atoms with Crippen LogP contribution in [0.1, 0.15) is 43.5 Å². The molecule has 2 amide bonds. The van der Waals surface area contributed by atoms with Crippen LogP contribution < -0.4 is 10.6 Å². The quantitative estimate of drug-likeness (QED) is 0.753. The van der Waals surface area contributed by atoms with Gasteiger partial charge in [-0.15, -0.1) is 0 Å². The first-order valence-electron chi connectivity index (χ1n) is 8.52. The summed E-state index contributed by atoms with van der Waals surface area (Å²) in [6.45, 7) is 5.20. The van der Waals surface area contributed by atoms with E-state index in [0.717, 1.165) is 19.4 Å². The number of rotatable bonds is 7. The molecular weight excluding hydrogens is 363 g/mol. The van der Waals surface area contributed by atoms with Gasteiger partial charge in [0, 0.05) is 18.2 Å². The van der Waals surface area contributed by atoms with E-state index in [-0.39, 0.29) is 28.9 Å². The lowest BCUT2D eigenvalue weighted by molar-refractivity contribution is -0.123. The molecule has 1 aromatic carbocycles. The van der Waals surface area contributed by atoms with E-state index in [2.05, 4.69) is 10.6 Å². The lowest BCUT2D eigenvalue weighted by Crippen LogP contribution is -2.48. The van der Waals surface area contributed by atoms with Crippen LogP contribution in [0.5, 0.6) is 0 Å². The highest BCUT2D eigenvalue weighted by Crippen LogP contribution is 2.21. The van der Waals surface area contributed by atoms with E-state index in [4.69, 9.17) is 27.9 Å². The normalized spacial score (nSPS) is 18.2. The zero-order valence-corrected chi connectivity index (χ0v) is 16.0. The maximum atomic E-state index is 12.5. The van der Waals surface area contributed by atoms with Crippen molar-refractivity contribution < 1.29 is 14.3 Å². The van der Waals surface area contributed by atoms with E-state index in [1.165, 1.54) is 6.07 Å². The Morgan fingerprint density at radius 1 is 1.32 bits per heavy atom. The zero-order valence-electron chi connectivity index (χ0n) is 14.5. The molecule has 25 heavy (non-hydrogen) atoms. The van der Waals surface area contributed by atoms with Gasteiger partial charge >= 0.3 is 0 Å². The molecule has 1 heterocycles. The number of ether oxygens (including phenoxy) is 1. The van der Waals surface area contributed by atoms with Crippen LogP contribution in [-0.2, 0) is 9.53 Å². The monoisotopic (exact) mass is 386 g/mol. The Bertz CT molecular complexity index is 616. The summed E-state index contributed by atoms with van der Waals surface area (Å²) in [5.74, 6) is -0.346. The Hall–Kier alpha value is -1.30. The second-order valence-electron chi connectivity index (χ2n) is 6.66. The first-order valence-corrected chi connectivity index (χ1v) is 9.27. The zero-order chi connectivity index (χ0) is 18.4. The van der Waals surface area contributed by atoms with Crippen LogP contribution in [-0.4, -0.2) is 37.1 Å². The topological polar surface area (TPSA) is 67.4 Å². The molecule has 1 saturated heterocycles. The largest absolute Gasteiger partial charge is 0.376 e. The molecule has 1 aliphatic rings. The van der Waals surface area contributed by atoms with E-state index < -0.39 is 6.04 Å². The number of nitrogens with one attached hydrogen (secondary N) is 2. The molecule has 0 saturated carbocycles. The van der Waals surface area contributed by atoms with Crippen LogP contribution in [0.4, 0.5) is 0 Å². The predicted molar refractivity (Wildman–Crippen MR) is 99.2 cm³/mol. The van der Waals surface area contributed by atoms with E-state index in [1.54, 1.807) is 12.1 Å². The number of halogens is 2. The summed E-state index contributed by atoms with van der Waals surface area (Å²) in [5, 5.41) is 6.37. The van der Waals surface area contributed by atoms with E-state index in [1.807, 2.05) is 13.8 Å². The second kappa shape index (κ2) is 9.41. The van der Waals surface area contributed by atoms with Gasteiger partial charge in [-0.1, -0.05) is 37.0 Å². The lowest BCUT2D eigenvalue weighted by Gasteiger charge is -2.21. The molecule has 2 atom stereocenters. The maximum absolute atomic E-state index is 12.5. The van der Waals surface area contributed by atoms with Crippen LogP contribution in [0.25, 0.3) is 0 Å². The van der Waals surface area contributed by atoms with Gasteiger partial charge in [0.25, 0.3) is 5.91 Å². The Labute approximate surface area is 158 Å². The van der Waals surface area contributed by atoms with Crippen LogP contribution in [0.3, 0.4) is 0 Å². The predicted octanol–water partition coefficient (Wildman–Crippen LogP) is 3.43. The summed E-state index contributed by atoms with van der Waals surface area (Å²) >= 11 is 11.9. The molecule has 0 radical (unpaired) electrons. The summed E-state index contributed by atoms with van der Waals surface area (Å²) < 4.78 is 5.51. The molecule has 138 valence electrons. The third kappa shape index (κ3) is 6.17. The number of carbonyl (C=O) groups excluding carboxylic acids is 2. The summed E-state index contributed by atoms with van der Waals surface area (Å²) in [7, 11) is 0. The van der Waals surface area contributed by atoms with E-state index >= 15 is 0 Å². The smallest absolute Gasteiger partial charge is 0.253 e. The number of hydrogen-bond donors (Lipinski definition) is 2. The Morgan fingerprint density at radius 3 is 2.68 bits per heavy atom. The van der Waals surface area contributed by atoms with Crippen LogP contribution in [0.15, 0.2) is 18.2 Å². The third-order valence-electron chi connectivity index (χ3n) is 4.03. The maximum Gasteiger partial charge on any atom is 0.253 e. The van der Waals surface area contributed by atoms with Gasteiger partial charge in [0.2, 0.25) is 5.91 Å². The van der Waals surface area contributed by atoms with Gasteiger partial charge in [-0.05, 0) is 43.4 Å². The highest BCUT2D eigenvalue weighted by molar-refractivity contribution is 6.36. The van der Waals surface area contributed by atoms with Crippen molar-refractivity contribution in [3.63, 3.8) is 0 Å². The summed E-state index contributed by atoms with van der Waals surface area (Å²) in [5.41, 5.74) is 0.298. The molecule has 1 aliphatic heterocycles. The fourth-order valence-electron chi connectivity index (χ4n) is 2.76. The van der Waals surface area contributed by atoms with E-state index in [0.29, 0.717) is 23.6 Å². The van der Waals surface area contributed by atoms with Gasteiger partial charge in [0.15, 0.2) is 0 Å². The van der Waals surface area contributed by atoms with Crippen molar-refractivity contribution in [1.29, 1.82) is 0 Å². The van der Waals surface area contributed by atoms with Crippen LogP contribution in [0.2, 0.25) is 10.0 Å². The molecular formula is C18H24Cl2N2O3. The van der Waals surface area contributed by atoms with Gasteiger partial charge in [0.05, 0.1) is 16.7 Å². The lowest BCUT2D eigenvalue weighted by atomic mass is 10.0. The summed E-state index contributed by atoms with van der Waals surface area (Å²) in [4.78, 5) is 25.0. The molecule has 0 bridgehead atoms. The fourth-order valence-corrected chi connectivity index (χ4v) is 3.25. The molecule has 0 aromatic heterocycles. The Kier molecular flexibility index (Phi) is 7.54. The summed E-state index contributed by atoms with van der Waals surface area (Å²) in [6, 6.07) is 4.03. The van der Waals surface area contributed by atoms with Crippen LogP contribution >= 0.6 is 23.2 Å². The van der Waals surface area contributed by atoms with Crippen molar-refractivity contribution in [1.82, 2.24) is 10.6 Å². The molecule has 7 heteroatoms. The first kappa shape index (κ1) is 20.0. The number of benzene rings is 1.